The van der Waals surface area contributed by atoms with E-state index in [0.717, 1.165) is 35.2 Å². The van der Waals surface area contributed by atoms with E-state index in [-0.39, 0.29) is 17.9 Å². The fourth-order valence-electron chi connectivity index (χ4n) is 3.97. The van der Waals surface area contributed by atoms with Crippen molar-refractivity contribution in [2.24, 2.45) is 5.92 Å². The third-order valence-electron chi connectivity index (χ3n) is 5.41. The lowest BCUT2D eigenvalue weighted by molar-refractivity contribution is -0.115. The van der Waals surface area contributed by atoms with Crippen molar-refractivity contribution in [1.29, 1.82) is 0 Å². The fourth-order valence-corrected chi connectivity index (χ4v) is 4.24. The Balaban J connectivity index is 1.67. The number of carbonyl (C=O) groups is 1. The lowest BCUT2D eigenvalue weighted by atomic mass is 9.91. The van der Waals surface area contributed by atoms with Crippen molar-refractivity contribution in [2.45, 2.75) is 25.5 Å². The lowest BCUT2D eigenvalue weighted by Gasteiger charge is -2.43. The first-order valence-electron chi connectivity index (χ1n) is 9.66. The molecular weight excluding hydrogens is 416 g/mol. The number of aliphatic hydroxyl groups is 1. The molecule has 3 atom stereocenters. The summed E-state index contributed by atoms with van der Waals surface area (Å²) in [6.07, 6.45) is 1.74. The van der Waals surface area contributed by atoms with Crippen LogP contribution < -0.4 is 4.90 Å². The maximum Gasteiger partial charge on any atom is 0.250 e. The van der Waals surface area contributed by atoms with Gasteiger partial charge in [0, 0.05) is 35.8 Å². The number of aliphatic hydroxyl groups excluding tert-OH is 1. The largest absolute Gasteiger partial charge is 0.387 e. The highest BCUT2D eigenvalue weighted by Crippen LogP contribution is 2.29. The summed E-state index contributed by atoms with van der Waals surface area (Å²) in [4.78, 5) is 16.7. The fraction of sp³-hybridized carbons (Fsp3) is 0.348. The van der Waals surface area contributed by atoms with Crippen LogP contribution in [0.3, 0.4) is 0 Å². The maximum absolute atomic E-state index is 12.6. The summed E-state index contributed by atoms with van der Waals surface area (Å²) in [5, 5.41) is 10.6. The van der Waals surface area contributed by atoms with Gasteiger partial charge in [-0.25, -0.2) is 0 Å². The molecule has 5 heteroatoms. The molecule has 3 rings (SSSR count). The van der Waals surface area contributed by atoms with E-state index in [4.69, 9.17) is 0 Å². The monoisotopic (exact) mass is 442 g/mol. The zero-order chi connectivity index (χ0) is 20.1. The third-order valence-corrected chi connectivity index (χ3v) is 5.94. The second-order valence-electron chi connectivity index (χ2n) is 7.41. The van der Waals surface area contributed by atoms with Gasteiger partial charge in [0.05, 0.1) is 6.10 Å². The van der Waals surface area contributed by atoms with E-state index in [0.29, 0.717) is 6.54 Å². The van der Waals surface area contributed by atoms with Gasteiger partial charge in [-0.05, 0) is 48.2 Å². The average Bonchev–Trinajstić information content (AvgIpc) is 2.71. The van der Waals surface area contributed by atoms with Crippen LogP contribution in [0.5, 0.6) is 0 Å². The Bertz CT molecular complexity index is 794. The van der Waals surface area contributed by atoms with Gasteiger partial charge in [0.1, 0.15) is 0 Å². The zero-order valence-electron chi connectivity index (χ0n) is 16.2. The Kier molecular flexibility index (Phi) is 7.05. The molecule has 4 nitrogen and oxygen atoms in total. The Hall–Kier alpha value is -1.95. The van der Waals surface area contributed by atoms with Gasteiger partial charge in [-0.3, -0.25) is 9.69 Å². The molecule has 1 aliphatic heterocycles. The summed E-state index contributed by atoms with van der Waals surface area (Å²) < 4.78 is 1.01. The minimum absolute atomic E-state index is 0.0635. The van der Waals surface area contributed by atoms with Crippen LogP contribution in [0.15, 0.2) is 71.7 Å². The van der Waals surface area contributed by atoms with Crippen LogP contribution in [0.1, 0.15) is 25.0 Å². The average molecular weight is 443 g/mol. The number of piperidine rings is 1. The van der Waals surface area contributed by atoms with Crippen LogP contribution in [-0.2, 0) is 4.79 Å². The van der Waals surface area contributed by atoms with Crippen molar-refractivity contribution < 1.29 is 9.90 Å². The van der Waals surface area contributed by atoms with Crippen molar-refractivity contribution in [3.63, 3.8) is 0 Å². The standard InChI is InChI=1S/C23H27BrN2O2/c1-3-23(28)26(20-7-5-4-6-8-20)21-13-14-25(15-17(21)2)16-22(27)18-9-11-19(24)12-10-18/h3-12,17,21-22,27H,1,13-16H2,2H3/t17-,21+,22-/m1/s1. The molecule has 1 amide bonds. The van der Waals surface area contributed by atoms with Crippen molar-refractivity contribution >= 4 is 27.5 Å². The third kappa shape index (κ3) is 4.90. The Labute approximate surface area is 175 Å². The topological polar surface area (TPSA) is 43.8 Å². The van der Waals surface area contributed by atoms with Crippen LogP contribution in [0.2, 0.25) is 0 Å². The molecule has 1 N–H and O–H groups in total. The number of anilines is 1. The molecule has 28 heavy (non-hydrogen) atoms. The molecule has 1 heterocycles. The van der Waals surface area contributed by atoms with E-state index in [9.17, 15) is 9.90 Å². The number of nitrogens with zero attached hydrogens (tertiary/aromatic N) is 2. The molecule has 1 fully saturated rings. The van der Waals surface area contributed by atoms with Gasteiger partial charge in [-0.1, -0.05) is 59.8 Å². The SMILES string of the molecule is C=CC(=O)N(c1ccccc1)[C@H]1CCN(C[C@@H](O)c2ccc(Br)cc2)C[C@H]1C. The van der Waals surface area contributed by atoms with Gasteiger partial charge in [0.25, 0.3) is 5.91 Å². The van der Waals surface area contributed by atoms with Crippen LogP contribution in [-0.4, -0.2) is 41.6 Å². The highest BCUT2D eigenvalue weighted by Gasteiger charge is 2.33. The quantitative estimate of drug-likeness (QED) is 0.673. The first-order chi connectivity index (χ1) is 13.5. The van der Waals surface area contributed by atoms with Gasteiger partial charge in [-0.15, -0.1) is 0 Å². The second kappa shape index (κ2) is 9.50. The molecule has 2 aromatic rings. The first-order valence-corrected chi connectivity index (χ1v) is 10.5. The summed E-state index contributed by atoms with van der Waals surface area (Å²) >= 11 is 3.43. The molecule has 0 aromatic heterocycles. The molecule has 0 bridgehead atoms. The number of likely N-dealkylation sites (tertiary alicyclic amines) is 1. The Morgan fingerprint density at radius 3 is 2.57 bits per heavy atom. The number of carbonyl (C=O) groups excluding carboxylic acids is 1. The van der Waals surface area contributed by atoms with E-state index >= 15 is 0 Å². The van der Waals surface area contributed by atoms with E-state index in [1.807, 2.05) is 59.5 Å². The summed E-state index contributed by atoms with van der Waals surface area (Å²) in [5.74, 6) is 0.223. The van der Waals surface area contributed by atoms with Gasteiger partial charge < -0.3 is 10.0 Å². The minimum atomic E-state index is -0.517. The number of amides is 1. The molecule has 0 aliphatic carbocycles. The predicted molar refractivity (Wildman–Crippen MR) is 117 cm³/mol. The number of hydrogen-bond donors (Lipinski definition) is 1. The normalized spacial score (nSPS) is 21.1. The van der Waals surface area contributed by atoms with Gasteiger partial charge >= 0.3 is 0 Å². The van der Waals surface area contributed by atoms with Gasteiger partial charge in [0.15, 0.2) is 0 Å². The van der Waals surface area contributed by atoms with E-state index in [1.165, 1.54) is 6.08 Å². The van der Waals surface area contributed by atoms with Crippen molar-refractivity contribution in [2.75, 3.05) is 24.5 Å². The van der Waals surface area contributed by atoms with Crippen LogP contribution >= 0.6 is 15.9 Å². The predicted octanol–water partition coefficient (Wildman–Crippen LogP) is 4.41. The highest BCUT2D eigenvalue weighted by molar-refractivity contribution is 9.10. The van der Waals surface area contributed by atoms with E-state index < -0.39 is 6.10 Å². The van der Waals surface area contributed by atoms with Crippen molar-refractivity contribution in [1.82, 2.24) is 4.90 Å². The highest BCUT2D eigenvalue weighted by atomic mass is 79.9. The second-order valence-corrected chi connectivity index (χ2v) is 8.32. The molecule has 148 valence electrons. The molecular formula is C23H27BrN2O2. The van der Waals surface area contributed by atoms with Gasteiger partial charge in [-0.2, -0.15) is 0 Å². The summed E-state index contributed by atoms with van der Waals surface area (Å²) in [7, 11) is 0. The van der Waals surface area contributed by atoms with Crippen LogP contribution in [0.4, 0.5) is 5.69 Å². The molecule has 1 saturated heterocycles. The van der Waals surface area contributed by atoms with Crippen molar-refractivity contribution in [3.05, 3.63) is 77.3 Å². The Morgan fingerprint density at radius 2 is 1.96 bits per heavy atom. The molecule has 0 radical (unpaired) electrons. The molecule has 1 aliphatic rings. The number of benzene rings is 2. The maximum atomic E-state index is 12.6. The summed E-state index contributed by atoms with van der Waals surface area (Å²) in [6.45, 7) is 8.14. The number of halogens is 1. The van der Waals surface area contributed by atoms with E-state index in [1.54, 1.807) is 0 Å². The van der Waals surface area contributed by atoms with Crippen molar-refractivity contribution in [3.8, 4) is 0 Å². The van der Waals surface area contributed by atoms with Crippen LogP contribution in [0.25, 0.3) is 0 Å². The molecule has 0 unspecified atom stereocenters. The molecule has 2 aromatic carbocycles. The number of hydrogen-bond acceptors (Lipinski definition) is 3. The van der Waals surface area contributed by atoms with E-state index in [2.05, 4.69) is 34.3 Å². The Morgan fingerprint density at radius 1 is 1.29 bits per heavy atom. The summed E-state index contributed by atoms with van der Waals surface area (Å²) in [5.41, 5.74) is 1.83. The molecule has 0 saturated carbocycles. The molecule has 0 spiro atoms. The number of para-hydroxylation sites is 1. The number of β-amino-alcohol motifs (C(OH)–C–C–N with tert-alkyl or cyclic N) is 1. The summed E-state index contributed by atoms with van der Waals surface area (Å²) in [6, 6.07) is 17.7. The lowest BCUT2D eigenvalue weighted by Crippen LogP contribution is -2.52. The smallest absolute Gasteiger partial charge is 0.250 e. The van der Waals surface area contributed by atoms with Crippen LogP contribution in [0, 0.1) is 5.92 Å². The minimum Gasteiger partial charge on any atom is -0.387 e. The first kappa shape index (κ1) is 20.8. The zero-order valence-corrected chi connectivity index (χ0v) is 17.8. The van der Waals surface area contributed by atoms with Gasteiger partial charge in [0.2, 0.25) is 0 Å². The number of rotatable bonds is 6.